The van der Waals surface area contributed by atoms with Crippen molar-refractivity contribution in [1.29, 1.82) is 0 Å². The molecule has 144 valence electrons. The first kappa shape index (κ1) is 19.0. The van der Waals surface area contributed by atoms with Gasteiger partial charge in [-0.05, 0) is 37.6 Å². The summed E-state index contributed by atoms with van der Waals surface area (Å²) in [6.07, 6.45) is 1.19. The predicted octanol–water partition coefficient (Wildman–Crippen LogP) is 0.888. The van der Waals surface area contributed by atoms with Crippen molar-refractivity contribution >= 4 is 29.3 Å². The number of carbonyl (C=O) groups excluding carboxylic acids is 4. The van der Waals surface area contributed by atoms with E-state index in [1.807, 2.05) is 0 Å². The van der Waals surface area contributed by atoms with Gasteiger partial charge in [-0.3, -0.25) is 29.4 Å². The van der Waals surface area contributed by atoms with Crippen molar-refractivity contribution < 1.29 is 19.2 Å². The summed E-state index contributed by atoms with van der Waals surface area (Å²) in [4.78, 5) is 49.7. The molecule has 3 rings (SSSR count). The molecule has 8 heteroatoms. The smallest absolute Gasteiger partial charge is 0.262 e. The normalized spacial score (nSPS) is 19.5. The van der Waals surface area contributed by atoms with Crippen LogP contribution in [0.25, 0.3) is 0 Å². The fourth-order valence-corrected chi connectivity index (χ4v) is 3.29. The number of imide groups is 2. The van der Waals surface area contributed by atoms with E-state index in [2.05, 4.69) is 29.8 Å². The number of nitrogens with one attached hydrogen (secondary N) is 3. The Bertz CT molecular complexity index is 790. The van der Waals surface area contributed by atoms with E-state index < -0.39 is 23.8 Å². The molecule has 2 aliphatic heterocycles. The SMILES string of the molecule is CC(C)NCCCNc1ccc2c(c1)C(=O)N(C1CCC(=O)NC1=O)C2=O. The summed E-state index contributed by atoms with van der Waals surface area (Å²) < 4.78 is 0. The summed E-state index contributed by atoms with van der Waals surface area (Å²) in [6, 6.07) is 4.52. The number of hydrogen-bond acceptors (Lipinski definition) is 6. The van der Waals surface area contributed by atoms with Gasteiger partial charge in [0.05, 0.1) is 11.1 Å². The summed E-state index contributed by atoms with van der Waals surface area (Å²) in [5, 5.41) is 8.77. The zero-order chi connectivity index (χ0) is 19.6. The molecule has 1 aromatic carbocycles. The van der Waals surface area contributed by atoms with E-state index in [0.717, 1.165) is 30.1 Å². The summed E-state index contributed by atoms with van der Waals surface area (Å²) in [6.45, 7) is 5.80. The fraction of sp³-hybridized carbons (Fsp3) is 0.474. The molecule has 4 amide bonds. The monoisotopic (exact) mass is 372 g/mol. The minimum Gasteiger partial charge on any atom is -0.385 e. The molecule has 0 bridgehead atoms. The lowest BCUT2D eigenvalue weighted by atomic mass is 10.0. The van der Waals surface area contributed by atoms with Crippen LogP contribution in [0.5, 0.6) is 0 Å². The first-order valence-corrected chi connectivity index (χ1v) is 9.21. The molecule has 3 N–H and O–H groups in total. The average Bonchev–Trinajstić information content (AvgIpc) is 2.86. The van der Waals surface area contributed by atoms with Gasteiger partial charge >= 0.3 is 0 Å². The first-order valence-electron chi connectivity index (χ1n) is 9.21. The number of carbonyl (C=O) groups is 4. The highest BCUT2D eigenvalue weighted by Gasteiger charge is 2.44. The molecule has 1 unspecified atom stereocenters. The lowest BCUT2D eigenvalue weighted by Gasteiger charge is -2.27. The van der Waals surface area contributed by atoms with Crippen molar-refractivity contribution in [2.75, 3.05) is 18.4 Å². The number of nitrogens with zero attached hydrogens (tertiary/aromatic N) is 1. The van der Waals surface area contributed by atoms with E-state index >= 15 is 0 Å². The highest BCUT2D eigenvalue weighted by Crippen LogP contribution is 2.29. The van der Waals surface area contributed by atoms with E-state index in [-0.39, 0.29) is 29.9 Å². The van der Waals surface area contributed by atoms with Crippen molar-refractivity contribution in [1.82, 2.24) is 15.5 Å². The molecule has 0 saturated carbocycles. The molecule has 0 radical (unpaired) electrons. The van der Waals surface area contributed by atoms with E-state index in [4.69, 9.17) is 0 Å². The summed E-state index contributed by atoms with van der Waals surface area (Å²) in [7, 11) is 0. The minimum atomic E-state index is -0.936. The molecule has 1 aromatic rings. The van der Waals surface area contributed by atoms with Gasteiger partial charge in [0.15, 0.2) is 0 Å². The van der Waals surface area contributed by atoms with Gasteiger partial charge in [0.25, 0.3) is 11.8 Å². The lowest BCUT2D eigenvalue weighted by Crippen LogP contribution is -2.54. The number of fused-ring (bicyclic) bond motifs is 1. The highest BCUT2D eigenvalue weighted by molar-refractivity contribution is 6.23. The van der Waals surface area contributed by atoms with Crippen molar-refractivity contribution in [2.45, 2.75) is 45.2 Å². The zero-order valence-corrected chi connectivity index (χ0v) is 15.5. The Labute approximate surface area is 157 Å². The van der Waals surface area contributed by atoms with Crippen molar-refractivity contribution in [3.8, 4) is 0 Å². The van der Waals surface area contributed by atoms with Crippen LogP contribution in [-0.2, 0) is 9.59 Å². The van der Waals surface area contributed by atoms with Crippen LogP contribution in [-0.4, -0.2) is 53.7 Å². The average molecular weight is 372 g/mol. The van der Waals surface area contributed by atoms with Crippen LogP contribution in [0.15, 0.2) is 18.2 Å². The van der Waals surface area contributed by atoms with Crippen LogP contribution in [0.3, 0.4) is 0 Å². The Hall–Kier alpha value is -2.74. The fourth-order valence-electron chi connectivity index (χ4n) is 3.29. The van der Waals surface area contributed by atoms with Crippen LogP contribution in [0.1, 0.15) is 53.8 Å². The predicted molar refractivity (Wildman–Crippen MR) is 99.4 cm³/mol. The van der Waals surface area contributed by atoms with Crippen LogP contribution in [0.2, 0.25) is 0 Å². The number of benzene rings is 1. The van der Waals surface area contributed by atoms with Gasteiger partial charge in [-0.15, -0.1) is 0 Å². The minimum absolute atomic E-state index is 0.112. The second kappa shape index (κ2) is 7.87. The molecule has 0 aromatic heterocycles. The van der Waals surface area contributed by atoms with E-state index in [1.165, 1.54) is 0 Å². The summed E-state index contributed by atoms with van der Waals surface area (Å²) >= 11 is 0. The third-order valence-corrected chi connectivity index (χ3v) is 4.68. The second-order valence-corrected chi connectivity index (χ2v) is 7.10. The standard InChI is InChI=1S/C19H24N4O4/c1-11(2)20-8-3-9-21-12-4-5-13-14(10-12)19(27)23(18(13)26)15-6-7-16(24)22-17(15)25/h4-5,10-11,15,20-21H,3,6-9H2,1-2H3,(H,22,24,25). The quantitative estimate of drug-likeness (QED) is 0.485. The molecule has 8 nitrogen and oxygen atoms in total. The zero-order valence-electron chi connectivity index (χ0n) is 15.5. The van der Waals surface area contributed by atoms with Gasteiger partial charge in [0.2, 0.25) is 11.8 Å². The third kappa shape index (κ3) is 4.00. The third-order valence-electron chi connectivity index (χ3n) is 4.68. The Kier molecular flexibility index (Phi) is 5.55. The van der Waals surface area contributed by atoms with E-state index in [0.29, 0.717) is 6.04 Å². The number of hydrogen-bond donors (Lipinski definition) is 3. The Morgan fingerprint density at radius 3 is 2.56 bits per heavy atom. The number of piperidine rings is 1. The van der Waals surface area contributed by atoms with Gasteiger partial charge in [0.1, 0.15) is 6.04 Å². The Morgan fingerprint density at radius 2 is 1.85 bits per heavy atom. The molecule has 1 atom stereocenters. The number of anilines is 1. The van der Waals surface area contributed by atoms with Crippen LogP contribution in [0, 0.1) is 0 Å². The second-order valence-electron chi connectivity index (χ2n) is 7.10. The van der Waals surface area contributed by atoms with Crippen molar-refractivity contribution in [3.05, 3.63) is 29.3 Å². The lowest BCUT2D eigenvalue weighted by molar-refractivity contribution is -0.136. The number of rotatable bonds is 7. The molecule has 0 aliphatic carbocycles. The van der Waals surface area contributed by atoms with Crippen LogP contribution >= 0.6 is 0 Å². The van der Waals surface area contributed by atoms with Crippen molar-refractivity contribution in [2.24, 2.45) is 0 Å². The summed E-state index contributed by atoms with van der Waals surface area (Å²) in [5.41, 5.74) is 1.33. The van der Waals surface area contributed by atoms with Gasteiger partial charge in [-0.1, -0.05) is 13.8 Å². The largest absolute Gasteiger partial charge is 0.385 e. The van der Waals surface area contributed by atoms with Gasteiger partial charge in [-0.25, -0.2) is 0 Å². The summed E-state index contributed by atoms with van der Waals surface area (Å²) in [5.74, 6) is -1.96. The topological polar surface area (TPSA) is 108 Å². The van der Waals surface area contributed by atoms with Gasteiger partial charge in [-0.2, -0.15) is 0 Å². The van der Waals surface area contributed by atoms with Gasteiger partial charge in [0, 0.05) is 24.7 Å². The molecule has 0 spiro atoms. The van der Waals surface area contributed by atoms with Crippen LogP contribution < -0.4 is 16.0 Å². The van der Waals surface area contributed by atoms with Crippen LogP contribution in [0.4, 0.5) is 5.69 Å². The maximum atomic E-state index is 12.7. The molecule has 2 heterocycles. The molecule has 2 aliphatic rings. The molecule has 27 heavy (non-hydrogen) atoms. The van der Waals surface area contributed by atoms with E-state index in [1.54, 1.807) is 18.2 Å². The Balaban J connectivity index is 1.67. The molecular formula is C19H24N4O4. The highest BCUT2D eigenvalue weighted by atomic mass is 16.2. The maximum Gasteiger partial charge on any atom is 0.262 e. The van der Waals surface area contributed by atoms with E-state index in [9.17, 15) is 19.2 Å². The number of amides is 4. The Morgan fingerprint density at radius 1 is 1.11 bits per heavy atom. The van der Waals surface area contributed by atoms with Gasteiger partial charge < -0.3 is 10.6 Å². The molecular weight excluding hydrogens is 348 g/mol. The maximum absolute atomic E-state index is 12.7. The van der Waals surface area contributed by atoms with Crippen molar-refractivity contribution in [3.63, 3.8) is 0 Å². The molecule has 1 fully saturated rings. The first-order chi connectivity index (χ1) is 12.9. The molecule has 1 saturated heterocycles.